The van der Waals surface area contributed by atoms with Crippen LogP contribution in [-0.2, 0) is 6.54 Å². The summed E-state index contributed by atoms with van der Waals surface area (Å²) in [5, 5.41) is 15.1. The summed E-state index contributed by atoms with van der Waals surface area (Å²) in [6.07, 6.45) is 1.68. The molecule has 0 radical (unpaired) electrons. The molecule has 0 fully saturated rings. The maximum absolute atomic E-state index is 4.81. The zero-order chi connectivity index (χ0) is 24.2. The molecule has 174 valence electrons. The average Bonchev–Trinajstić information content (AvgIpc) is 3.37. The van der Waals surface area contributed by atoms with Crippen molar-refractivity contribution in [3.8, 4) is 22.6 Å². The number of H-pyrrole nitrogens is 1. The molecule has 36 heavy (non-hydrogen) atoms. The van der Waals surface area contributed by atoms with Gasteiger partial charge in [-0.05, 0) is 60.2 Å². The predicted octanol–water partition coefficient (Wildman–Crippen LogP) is 7.04. The molecule has 0 aliphatic heterocycles. The summed E-state index contributed by atoms with van der Waals surface area (Å²) in [6, 6.07) is 36.9. The minimum Gasteiger partial charge on any atom is -0.381 e. The Labute approximate surface area is 209 Å². The van der Waals surface area contributed by atoms with Crippen LogP contribution in [0.3, 0.4) is 0 Å². The number of imidazole rings is 1. The Hall–Kier alpha value is -4.97. The van der Waals surface area contributed by atoms with Gasteiger partial charge in [-0.15, -0.1) is 0 Å². The standard InChI is InChI=1S/C30H24N6/c1-2-6-21(7-3-1)20-31-25-15-16-28-29(19-25)35-30(34-28)23-8-4-9-26(18-23)33-24-13-11-22(12-14-24)27-10-5-17-32-36-27/h1-19,31,33H,20H2,(H,34,35). The van der Waals surface area contributed by atoms with Gasteiger partial charge < -0.3 is 15.6 Å². The molecule has 6 aromatic rings. The highest BCUT2D eigenvalue weighted by molar-refractivity contribution is 5.83. The van der Waals surface area contributed by atoms with Gasteiger partial charge in [0.05, 0.1) is 16.7 Å². The highest BCUT2D eigenvalue weighted by Crippen LogP contribution is 2.27. The van der Waals surface area contributed by atoms with Crippen LogP contribution in [0.4, 0.5) is 17.1 Å². The van der Waals surface area contributed by atoms with Gasteiger partial charge in [-0.3, -0.25) is 0 Å². The van der Waals surface area contributed by atoms with Crippen LogP contribution in [0.1, 0.15) is 5.56 Å². The molecule has 2 aromatic heterocycles. The van der Waals surface area contributed by atoms with Gasteiger partial charge in [-0.1, -0.05) is 54.6 Å². The lowest BCUT2D eigenvalue weighted by molar-refractivity contribution is 1.04. The van der Waals surface area contributed by atoms with E-state index in [0.29, 0.717) is 0 Å². The number of aromatic amines is 1. The molecular weight excluding hydrogens is 444 g/mol. The van der Waals surface area contributed by atoms with E-state index in [1.165, 1.54) is 5.56 Å². The molecule has 0 amide bonds. The number of nitrogens with zero attached hydrogens (tertiary/aromatic N) is 3. The second kappa shape index (κ2) is 9.72. The van der Waals surface area contributed by atoms with Gasteiger partial charge in [0, 0.05) is 40.9 Å². The molecule has 0 atom stereocenters. The number of nitrogens with one attached hydrogen (secondary N) is 3. The van der Waals surface area contributed by atoms with E-state index in [-0.39, 0.29) is 0 Å². The molecule has 0 saturated heterocycles. The number of fused-ring (bicyclic) bond motifs is 1. The van der Waals surface area contributed by atoms with Gasteiger partial charge in [-0.2, -0.15) is 10.2 Å². The summed E-state index contributed by atoms with van der Waals surface area (Å²) in [5.41, 5.74) is 9.14. The zero-order valence-corrected chi connectivity index (χ0v) is 19.5. The Balaban J connectivity index is 1.18. The maximum Gasteiger partial charge on any atom is 0.138 e. The van der Waals surface area contributed by atoms with E-state index >= 15 is 0 Å². The number of hydrogen-bond acceptors (Lipinski definition) is 5. The Bertz CT molecular complexity index is 1590. The SMILES string of the molecule is c1ccc(CNc2ccc3nc(-c4cccc(Nc5ccc(-c6cccnn6)cc5)c4)[nH]c3c2)cc1. The number of anilines is 3. The number of rotatable bonds is 7. The van der Waals surface area contributed by atoms with Gasteiger partial charge in [0.25, 0.3) is 0 Å². The summed E-state index contributed by atoms with van der Waals surface area (Å²) in [7, 11) is 0. The second-order valence-corrected chi connectivity index (χ2v) is 8.55. The third kappa shape index (κ3) is 4.79. The lowest BCUT2D eigenvalue weighted by atomic mass is 10.1. The Morgan fingerprint density at radius 1 is 0.667 bits per heavy atom. The van der Waals surface area contributed by atoms with E-state index < -0.39 is 0 Å². The van der Waals surface area contributed by atoms with Crippen molar-refractivity contribution in [2.45, 2.75) is 6.54 Å². The van der Waals surface area contributed by atoms with Gasteiger partial charge >= 0.3 is 0 Å². The molecule has 6 heteroatoms. The molecule has 4 aromatic carbocycles. The van der Waals surface area contributed by atoms with Crippen molar-refractivity contribution in [1.82, 2.24) is 20.2 Å². The lowest BCUT2D eigenvalue weighted by Crippen LogP contribution is -1.98. The summed E-state index contributed by atoms with van der Waals surface area (Å²) >= 11 is 0. The summed E-state index contributed by atoms with van der Waals surface area (Å²) in [5.74, 6) is 0.840. The quantitative estimate of drug-likeness (QED) is 0.234. The predicted molar refractivity (Wildman–Crippen MR) is 146 cm³/mol. The average molecular weight is 469 g/mol. The van der Waals surface area contributed by atoms with Crippen molar-refractivity contribution in [2.75, 3.05) is 10.6 Å². The van der Waals surface area contributed by atoms with E-state index in [9.17, 15) is 0 Å². The normalized spacial score (nSPS) is 10.9. The largest absolute Gasteiger partial charge is 0.381 e. The third-order valence-electron chi connectivity index (χ3n) is 6.00. The second-order valence-electron chi connectivity index (χ2n) is 8.55. The molecule has 0 spiro atoms. The molecular formula is C30H24N6. The minimum absolute atomic E-state index is 0.779. The molecule has 0 bridgehead atoms. The first-order chi connectivity index (χ1) is 17.8. The van der Waals surface area contributed by atoms with Crippen LogP contribution in [0.15, 0.2) is 115 Å². The van der Waals surface area contributed by atoms with Gasteiger partial charge in [0.15, 0.2) is 0 Å². The van der Waals surface area contributed by atoms with Gasteiger partial charge in [-0.25, -0.2) is 4.98 Å². The number of benzene rings is 4. The van der Waals surface area contributed by atoms with E-state index in [4.69, 9.17) is 4.98 Å². The molecule has 6 rings (SSSR count). The first kappa shape index (κ1) is 21.6. The monoisotopic (exact) mass is 468 g/mol. The molecule has 0 aliphatic carbocycles. The molecule has 0 saturated carbocycles. The van der Waals surface area contributed by atoms with Crippen LogP contribution in [0.25, 0.3) is 33.7 Å². The molecule has 0 aliphatic rings. The molecule has 3 N–H and O–H groups in total. The van der Waals surface area contributed by atoms with Crippen molar-refractivity contribution in [3.63, 3.8) is 0 Å². The Morgan fingerprint density at radius 2 is 1.53 bits per heavy atom. The fourth-order valence-corrected chi connectivity index (χ4v) is 4.15. The fraction of sp³-hybridized carbons (Fsp3) is 0.0333. The Kier molecular flexibility index (Phi) is 5.82. The number of aromatic nitrogens is 4. The van der Waals surface area contributed by atoms with E-state index in [2.05, 4.69) is 74.3 Å². The van der Waals surface area contributed by atoms with Crippen LogP contribution < -0.4 is 10.6 Å². The first-order valence-corrected chi connectivity index (χ1v) is 11.8. The van der Waals surface area contributed by atoms with Crippen molar-refractivity contribution < 1.29 is 0 Å². The van der Waals surface area contributed by atoms with E-state index in [1.807, 2.05) is 60.7 Å². The van der Waals surface area contributed by atoms with Crippen molar-refractivity contribution in [2.24, 2.45) is 0 Å². The third-order valence-corrected chi connectivity index (χ3v) is 6.00. The smallest absolute Gasteiger partial charge is 0.138 e. The van der Waals surface area contributed by atoms with E-state index in [1.54, 1.807) is 6.20 Å². The summed E-state index contributed by atoms with van der Waals surface area (Å²) in [6.45, 7) is 0.779. The van der Waals surface area contributed by atoms with Crippen LogP contribution in [0.5, 0.6) is 0 Å². The zero-order valence-electron chi connectivity index (χ0n) is 19.5. The van der Waals surface area contributed by atoms with Crippen molar-refractivity contribution in [3.05, 3.63) is 121 Å². The Morgan fingerprint density at radius 3 is 2.36 bits per heavy atom. The lowest BCUT2D eigenvalue weighted by Gasteiger charge is -2.08. The fourth-order valence-electron chi connectivity index (χ4n) is 4.15. The van der Waals surface area contributed by atoms with Gasteiger partial charge in [0.2, 0.25) is 0 Å². The summed E-state index contributed by atoms with van der Waals surface area (Å²) in [4.78, 5) is 8.29. The highest BCUT2D eigenvalue weighted by Gasteiger charge is 2.08. The maximum atomic E-state index is 4.81. The van der Waals surface area contributed by atoms with Crippen LogP contribution >= 0.6 is 0 Å². The van der Waals surface area contributed by atoms with Crippen molar-refractivity contribution >= 4 is 28.1 Å². The van der Waals surface area contributed by atoms with Crippen LogP contribution in [0, 0.1) is 0 Å². The highest BCUT2D eigenvalue weighted by atomic mass is 15.1. The molecule has 2 heterocycles. The molecule has 0 unspecified atom stereocenters. The minimum atomic E-state index is 0.779. The van der Waals surface area contributed by atoms with Gasteiger partial charge in [0.1, 0.15) is 5.82 Å². The van der Waals surface area contributed by atoms with Crippen LogP contribution in [0.2, 0.25) is 0 Å². The molecule has 6 nitrogen and oxygen atoms in total. The van der Waals surface area contributed by atoms with E-state index in [0.717, 1.165) is 57.3 Å². The van der Waals surface area contributed by atoms with Crippen molar-refractivity contribution in [1.29, 1.82) is 0 Å². The first-order valence-electron chi connectivity index (χ1n) is 11.8. The number of hydrogen-bond donors (Lipinski definition) is 3. The van der Waals surface area contributed by atoms with Crippen LogP contribution in [-0.4, -0.2) is 20.2 Å². The summed E-state index contributed by atoms with van der Waals surface area (Å²) < 4.78 is 0. The topological polar surface area (TPSA) is 78.5 Å².